The lowest BCUT2D eigenvalue weighted by Gasteiger charge is -2.27. The van der Waals surface area contributed by atoms with Crippen LogP contribution in [0.15, 0.2) is 0 Å². The number of hydrogen-bond acceptors (Lipinski definition) is 4. The Bertz CT molecular complexity index is 325. The van der Waals surface area contributed by atoms with Gasteiger partial charge < -0.3 is 10.2 Å². The van der Waals surface area contributed by atoms with Gasteiger partial charge in [-0.3, -0.25) is 0 Å². The average Bonchev–Trinajstić information content (AvgIpc) is 2.24. The molecule has 0 atom stereocenters. The van der Waals surface area contributed by atoms with Crippen LogP contribution in [0.25, 0.3) is 0 Å². The van der Waals surface area contributed by atoms with Crippen LogP contribution in [0, 0.1) is 0 Å². The van der Waals surface area contributed by atoms with Crippen LogP contribution in [0.2, 0.25) is 0 Å². The largest absolute Gasteiger partial charge is 0.511 e. The molecule has 0 spiro atoms. The molecule has 1 aliphatic rings. The Kier molecular flexibility index (Phi) is 5.17. The Morgan fingerprint density at radius 3 is 2.35 bits per heavy atom. The van der Waals surface area contributed by atoms with E-state index in [1.807, 2.05) is 0 Å². The van der Waals surface area contributed by atoms with Crippen LogP contribution in [0.5, 0.6) is 0 Å². The molecule has 9 heteroatoms. The number of sulfonamides is 1. The molecular weight excluding hydrogens is 259 g/mol. The van der Waals surface area contributed by atoms with E-state index in [0.29, 0.717) is 13.0 Å². The van der Waals surface area contributed by atoms with Crippen molar-refractivity contribution in [2.24, 2.45) is 0 Å². The Morgan fingerprint density at radius 2 is 1.82 bits per heavy atom. The van der Waals surface area contributed by atoms with Gasteiger partial charge in [-0.05, 0) is 13.0 Å². The fourth-order valence-electron chi connectivity index (χ4n) is 1.53. The van der Waals surface area contributed by atoms with Gasteiger partial charge in [-0.15, -0.1) is 0 Å². The standard InChI is InChI=1S/C8H16F3N3O2S/c9-8(10,11)17(15,16)13-2-1-5-14-6-3-12-4-7-14/h12-13H,1-7H2. The van der Waals surface area contributed by atoms with Crippen LogP contribution in [0.1, 0.15) is 6.42 Å². The molecule has 1 rings (SSSR count). The minimum absolute atomic E-state index is 0.189. The summed E-state index contributed by atoms with van der Waals surface area (Å²) in [5, 5.41) is 3.15. The van der Waals surface area contributed by atoms with Crippen molar-refractivity contribution in [2.75, 3.05) is 39.3 Å². The summed E-state index contributed by atoms with van der Waals surface area (Å²) in [4.78, 5) is 2.08. The fraction of sp³-hybridized carbons (Fsp3) is 1.00. The second-order valence-corrected chi connectivity index (χ2v) is 5.55. The van der Waals surface area contributed by atoms with Gasteiger partial charge in [-0.25, -0.2) is 13.1 Å². The second kappa shape index (κ2) is 5.98. The summed E-state index contributed by atoms with van der Waals surface area (Å²) in [6.07, 6.45) is 0.370. The van der Waals surface area contributed by atoms with Crippen LogP contribution in [0.4, 0.5) is 13.2 Å². The van der Waals surface area contributed by atoms with E-state index in [1.165, 1.54) is 0 Å². The lowest BCUT2D eigenvalue weighted by atomic mass is 10.3. The van der Waals surface area contributed by atoms with Crippen molar-refractivity contribution >= 4 is 10.0 Å². The molecule has 0 unspecified atom stereocenters. The summed E-state index contributed by atoms with van der Waals surface area (Å²) in [5.74, 6) is 0. The first-order valence-electron chi connectivity index (χ1n) is 5.32. The molecule has 102 valence electrons. The fourth-order valence-corrected chi connectivity index (χ4v) is 2.10. The predicted octanol–water partition coefficient (Wildman–Crippen LogP) is -0.279. The van der Waals surface area contributed by atoms with Crippen molar-refractivity contribution < 1.29 is 21.6 Å². The highest BCUT2D eigenvalue weighted by Gasteiger charge is 2.45. The van der Waals surface area contributed by atoms with Gasteiger partial charge in [0.25, 0.3) is 0 Å². The molecule has 5 nitrogen and oxygen atoms in total. The first-order valence-corrected chi connectivity index (χ1v) is 6.80. The van der Waals surface area contributed by atoms with Crippen LogP contribution >= 0.6 is 0 Å². The highest BCUT2D eigenvalue weighted by molar-refractivity contribution is 7.90. The summed E-state index contributed by atoms with van der Waals surface area (Å²) >= 11 is 0. The molecule has 17 heavy (non-hydrogen) atoms. The minimum Gasteiger partial charge on any atom is -0.314 e. The SMILES string of the molecule is O=S(=O)(NCCCN1CCNCC1)C(F)(F)F. The Hall–Kier alpha value is -0.380. The number of piperazine rings is 1. The third-order valence-electron chi connectivity index (χ3n) is 2.46. The summed E-state index contributed by atoms with van der Waals surface area (Å²) in [7, 11) is -5.18. The molecule has 0 saturated carbocycles. The topological polar surface area (TPSA) is 61.4 Å². The third-order valence-corrected chi connectivity index (χ3v) is 3.65. The summed E-state index contributed by atoms with van der Waals surface area (Å²) in [6.45, 7) is 3.80. The summed E-state index contributed by atoms with van der Waals surface area (Å²) in [5.41, 5.74) is -5.22. The van der Waals surface area contributed by atoms with Crippen molar-refractivity contribution in [1.29, 1.82) is 0 Å². The highest BCUT2D eigenvalue weighted by atomic mass is 32.2. The molecule has 0 amide bonds. The van der Waals surface area contributed by atoms with Crippen molar-refractivity contribution in [3.05, 3.63) is 0 Å². The van der Waals surface area contributed by atoms with Crippen molar-refractivity contribution in [2.45, 2.75) is 11.9 Å². The third kappa shape index (κ3) is 4.78. The zero-order chi connectivity index (χ0) is 12.9. The Balaban J connectivity index is 2.19. The first kappa shape index (κ1) is 14.7. The molecule has 2 N–H and O–H groups in total. The molecular formula is C8H16F3N3O2S. The van der Waals surface area contributed by atoms with Gasteiger partial charge in [0.05, 0.1) is 0 Å². The van der Waals surface area contributed by atoms with Gasteiger partial charge in [0.2, 0.25) is 0 Å². The molecule has 0 aromatic rings. The van der Waals surface area contributed by atoms with E-state index in [0.717, 1.165) is 26.2 Å². The number of hydrogen-bond donors (Lipinski definition) is 2. The quantitative estimate of drug-likeness (QED) is 0.678. The number of nitrogens with zero attached hydrogens (tertiary/aromatic N) is 1. The molecule has 0 bridgehead atoms. The van der Waals surface area contributed by atoms with Gasteiger partial charge in [0.1, 0.15) is 0 Å². The lowest BCUT2D eigenvalue weighted by molar-refractivity contribution is -0.0447. The molecule has 0 aromatic carbocycles. The second-order valence-electron chi connectivity index (χ2n) is 3.79. The summed E-state index contributed by atoms with van der Waals surface area (Å²) < 4.78 is 58.7. The maximum atomic E-state index is 11.9. The molecule has 1 aliphatic heterocycles. The van der Waals surface area contributed by atoms with E-state index in [1.54, 1.807) is 4.72 Å². The van der Waals surface area contributed by atoms with E-state index < -0.39 is 15.5 Å². The maximum Gasteiger partial charge on any atom is 0.511 e. The van der Waals surface area contributed by atoms with Gasteiger partial charge in [-0.2, -0.15) is 13.2 Å². The number of nitrogens with one attached hydrogen (secondary N) is 2. The average molecular weight is 275 g/mol. The molecule has 0 aliphatic carbocycles. The van der Waals surface area contributed by atoms with Crippen LogP contribution in [0.3, 0.4) is 0 Å². The zero-order valence-electron chi connectivity index (χ0n) is 9.26. The van der Waals surface area contributed by atoms with Crippen molar-refractivity contribution in [1.82, 2.24) is 14.9 Å². The Labute approximate surface area is 98.4 Å². The van der Waals surface area contributed by atoms with E-state index in [2.05, 4.69) is 10.2 Å². The monoisotopic (exact) mass is 275 g/mol. The van der Waals surface area contributed by atoms with Crippen LogP contribution in [-0.4, -0.2) is 58.1 Å². The molecule has 1 heterocycles. The maximum absolute atomic E-state index is 11.9. The molecule has 1 fully saturated rings. The van der Waals surface area contributed by atoms with E-state index >= 15 is 0 Å². The number of halogens is 3. The molecule has 1 saturated heterocycles. The molecule has 0 radical (unpaired) electrons. The van der Waals surface area contributed by atoms with Gasteiger partial charge >= 0.3 is 15.5 Å². The zero-order valence-corrected chi connectivity index (χ0v) is 10.1. The van der Waals surface area contributed by atoms with E-state index in [4.69, 9.17) is 0 Å². The number of alkyl halides is 3. The normalized spacial score (nSPS) is 19.5. The number of rotatable bonds is 5. The Morgan fingerprint density at radius 1 is 1.24 bits per heavy atom. The first-order chi connectivity index (χ1) is 7.83. The summed E-state index contributed by atoms with van der Waals surface area (Å²) in [6, 6.07) is 0. The van der Waals surface area contributed by atoms with Gasteiger partial charge in [-0.1, -0.05) is 0 Å². The smallest absolute Gasteiger partial charge is 0.314 e. The van der Waals surface area contributed by atoms with Crippen LogP contribution in [-0.2, 0) is 10.0 Å². The van der Waals surface area contributed by atoms with Crippen molar-refractivity contribution in [3.63, 3.8) is 0 Å². The van der Waals surface area contributed by atoms with Gasteiger partial charge in [0, 0.05) is 32.7 Å². The molecule has 0 aromatic heterocycles. The highest BCUT2D eigenvalue weighted by Crippen LogP contribution is 2.21. The van der Waals surface area contributed by atoms with Crippen LogP contribution < -0.4 is 10.0 Å². The minimum atomic E-state index is -5.22. The van der Waals surface area contributed by atoms with Crippen molar-refractivity contribution in [3.8, 4) is 0 Å². The predicted molar refractivity (Wildman–Crippen MR) is 56.9 cm³/mol. The van der Waals surface area contributed by atoms with Gasteiger partial charge in [0.15, 0.2) is 0 Å². The van der Waals surface area contributed by atoms with E-state index in [9.17, 15) is 21.6 Å². The van der Waals surface area contributed by atoms with E-state index in [-0.39, 0.29) is 6.54 Å². The lowest BCUT2D eigenvalue weighted by Crippen LogP contribution is -2.44.